The third-order valence-corrected chi connectivity index (χ3v) is 12.6. The first-order valence-electron chi connectivity index (χ1n) is 21.0. The number of anilines is 3. The molecule has 4 atom stereocenters. The SMILES string of the molecule is CC1CC1c1cccc(N2CCN(C)CC2)c1.CN1CCN(c2cccc(C3CC3C(=O)Nc3cc4c5c(c[nH]c5c3)C=NNC4=O)c2)CC1.CN1CCNCC1. The van der Waals surface area contributed by atoms with Crippen LogP contribution in [0, 0.1) is 11.8 Å². The Morgan fingerprint density at radius 3 is 1.88 bits per heavy atom. The number of carbonyl (C=O) groups excluding carboxylic acids is 2. The van der Waals surface area contributed by atoms with Gasteiger partial charge in [0.2, 0.25) is 5.91 Å². The van der Waals surface area contributed by atoms with Gasteiger partial charge in [0.25, 0.3) is 5.91 Å². The fraction of sp³-hybridized carbons (Fsp3) is 0.489. The maximum atomic E-state index is 13.0. The van der Waals surface area contributed by atoms with Gasteiger partial charge in [-0.1, -0.05) is 31.2 Å². The molecule has 5 fully saturated rings. The van der Waals surface area contributed by atoms with Crippen LogP contribution in [0.1, 0.15) is 58.6 Å². The lowest BCUT2D eigenvalue weighted by Crippen LogP contribution is -2.44. The number of rotatable bonds is 6. The minimum atomic E-state index is -0.282. The summed E-state index contributed by atoms with van der Waals surface area (Å²) in [6.07, 6.45) is 5.66. The van der Waals surface area contributed by atoms with Gasteiger partial charge in [0.05, 0.1) is 11.8 Å². The molecule has 57 heavy (non-hydrogen) atoms. The van der Waals surface area contributed by atoms with Crippen LogP contribution < -0.4 is 25.9 Å². The molecule has 6 aliphatic rings. The maximum Gasteiger partial charge on any atom is 0.272 e. The van der Waals surface area contributed by atoms with Crippen LogP contribution in [0.15, 0.2) is 72.0 Å². The summed E-state index contributed by atoms with van der Waals surface area (Å²) in [4.78, 5) is 40.7. The molecule has 302 valence electrons. The van der Waals surface area contributed by atoms with Gasteiger partial charge in [-0.3, -0.25) is 9.59 Å². The molecule has 1 aromatic heterocycles. The number of hydrogen-bond donors (Lipinski definition) is 4. The second-order valence-electron chi connectivity index (χ2n) is 17.0. The summed E-state index contributed by atoms with van der Waals surface area (Å²) in [5.74, 6) is 1.62. The summed E-state index contributed by atoms with van der Waals surface area (Å²) >= 11 is 0. The van der Waals surface area contributed by atoms with E-state index in [-0.39, 0.29) is 23.7 Å². The predicted octanol–water partition coefficient (Wildman–Crippen LogP) is 4.82. The van der Waals surface area contributed by atoms with Crippen molar-refractivity contribution in [3.63, 3.8) is 0 Å². The van der Waals surface area contributed by atoms with Gasteiger partial charge >= 0.3 is 0 Å². The topological polar surface area (TPSA) is 115 Å². The van der Waals surface area contributed by atoms with Crippen LogP contribution in [0.25, 0.3) is 10.9 Å². The summed E-state index contributed by atoms with van der Waals surface area (Å²) in [6.45, 7) is 16.0. The molecule has 5 heterocycles. The Hall–Kier alpha value is -4.75. The molecule has 3 aromatic carbocycles. The van der Waals surface area contributed by atoms with Gasteiger partial charge in [0.1, 0.15) is 0 Å². The van der Waals surface area contributed by atoms with Crippen molar-refractivity contribution in [3.8, 4) is 0 Å². The van der Waals surface area contributed by atoms with Crippen LogP contribution in [0.4, 0.5) is 17.1 Å². The summed E-state index contributed by atoms with van der Waals surface area (Å²) in [5.41, 5.74) is 10.7. The number of likely N-dealkylation sites (N-methyl/N-ethyl adjacent to an activating group) is 3. The Bertz CT molecular complexity index is 2060. The summed E-state index contributed by atoms with van der Waals surface area (Å²) in [5, 5.41) is 11.1. The molecule has 10 rings (SSSR count). The van der Waals surface area contributed by atoms with Crippen LogP contribution in [0.3, 0.4) is 0 Å². The molecular weight excluding hydrogens is 713 g/mol. The van der Waals surface area contributed by atoms with Crippen molar-refractivity contribution in [2.75, 3.05) is 115 Å². The molecule has 2 amide bonds. The Morgan fingerprint density at radius 2 is 1.32 bits per heavy atom. The van der Waals surface area contributed by atoms with Crippen molar-refractivity contribution in [1.29, 1.82) is 0 Å². The van der Waals surface area contributed by atoms with Gasteiger partial charge in [0, 0.05) is 124 Å². The minimum absolute atomic E-state index is 0.00592. The number of aromatic nitrogens is 1. The lowest BCUT2D eigenvalue weighted by Gasteiger charge is -2.34. The first kappa shape index (κ1) is 39.1. The van der Waals surface area contributed by atoms with Gasteiger partial charge in [-0.25, -0.2) is 5.43 Å². The average Bonchev–Trinajstić information content (AvgIpc) is 4.15. The normalized spacial score (nSPS) is 24.7. The summed E-state index contributed by atoms with van der Waals surface area (Å²) in [7, 11) is 6.52. The Balaban J connectivity index is 0.000000156. The van der Waals surface area contributed by atoms with E-state index in [1.807, 2.05) is 12.3 Å². The van der Waals surface area contributed by atoms with Gasteiger partial charge in [-0.2, -0.15) is 5.10 Å². The van der Waals surface area contributed by atoms with E-state index in [1.54, 1.807) is 17.8 Å². The highest BCUT2D eigenvalue weighted by Crippen LogP contribution is 2.49. The van der Waals surface area contributed by atoms with Crippen LogP contribution >= 0.6 is 0 Å². The van der Waals surface area contributed by atoms with Crippen molar-refractivity contribution in [2.45, 2.75) is 31.6 Å². The van der Waals surface area contributed by atoms with Gasteiger partial charge in [-0.15, -0.1) is 0 Å². The van der Waals surface area contributed by atoms with E-state index in [0.29, 0.717) is 11.3 Å². The molecular formula is C45H60N10O2. The molecule has 4 aliphatic heterocycles. The van der Waals surface area contributed by atoms with Gasteiger partial charge in [0.15, 0.2) is 0 Å². The van der Waals surface area contributed by atoms with Crippen molar-refractivity contribution in [3.05, 3.63) is 89.1 Å². The van der Waals surface area contributed by atoms with Crippen LogP contribution in [-0.4, -0.2) is 137 Å². The van der Waals surface area contributed by atoms with E-state index < -0.39 is 0 Å². The molecule has 4 N–H and O–H groups in total. The number of nitrogens with one attached hydrogen (secondary N) is 4. The van der Waals surface area contributed by atoms with Gasteiger partial charge in [-0.05, 0) is 99.3 Å². The maximum absolute atomic E-state index is 13.0. The van der Waals surface area contributed by atoms with Crippen LogP contribution in [-0.2, 0) is 4.79 Å². The molecule has 4 aromatic rings. The number of nitrogens with zero attached hydrogens (tertiary/aromatic N) is 6. The molecule has 0 bridgehead atoms. The summed E-state index contributed by atoms with van der Waals surface area (Å²) < 4.78 is 0. The number of H-pyrrole nitrogens is 1. The zero-order valence-corrected chi connectivity index (χ0v) is 34.1. The Kier molecular flexibility index (Phi) is 11.9. The van der Waals surface area contributed by atoms with E-state index in [4.69, 9.17) is 0 Å². The lowest BCUT2D eigenvalue weighted by atomic mass is 10.0. The minimum Gasteiger partial charge on any atom is -0.369 e. The van der Waals surface area contributed by atoms with Gasteiger partial charge < -0.3 is 40.1 Å². The molecule has 12 nitrogen and oxygen atoms in total. The predicted molar refractivity (Wildman–Crippen MR) is 232 cm³/mol. The molecule has 4 unspecified atom stereocenters. The molecule has 0 spiro atoms. The molecule has 0 radical (unpaired) electrons. The zero-order valence-electron chi connectivity index (χ0n) is 34.1. The number of amides is 2. The van der Waals surface area contributed by atoms with Crippen LogP contribution in [0.2, 0.25) is 0 Å². The average molecular weight is 773 g/mol. The molecule has 2 aliphatic carbocycles. The number of piperazine rings is 3. The second-order valence-corrected chi connectivity index (χ2v) is 17.0. The van der Waals surface area contributed by atoms with Crippen molar-refractivity contribution in [1.82, 2.24) is 30.4 Å². The van der Waals surface area contributed by atoms with E-state index >= 15 is 0 Å². The first-order valence-corrected chi connectivity index (χ1v) is 21.0. The van der Waals surface area contributed by atoms with Crippen molar-refractivity contribution in [2.24, 2.45) is 16.9 Å². The molecule has 3 saturated heterocycles. The fourth-order valence-corrected chi connectivity index (χ4v) is 8.55. The van der Waals surface area contributed by atoms with Crippen molar-refractivity contribution >= 4 is 46.0 Å². The largest absolute Gasteiger partial charge is 0.369 e. The Morgan fingerprint density at radius 1 is 0.737 bits per heavy atom. The van der Waals surface area contributed by atoms with E-state index in [0.717, 1.165) is 74.0 Å². The quantitative estimate of drug-likeness (QED) is 0.221. The fourth-order valence-electron chi connectivity index (χ4n) is 8.55. The highest BCUT2D eigenvalue weighted by Gasteiger charge is 2.44. The Labute approximate surface area is 337 Å². The van der Waals surface area contributed by atoms with Crippen molar-refractivity contribution < 1.29 is 9.59 Å². The number of hydrazone groups is 1. The van der Waals surface area contributed by atoms with E-state index in [2.05, 4.69) is 127 Å². The first-order chi connectivity index (χ1) is 27.7. The third-order valence-electron chi connectivity index (χ3n) is 12.6. The third kappa shape index (κ3) is 9.52. The van der Waals surface area contributed by atoms with E-state index in [1.165, 1.54) is 62.6 Å². The zero-order chi connectivity index (χ0) is 39.5. The monoisotopic (exact) mass is 772 g/mol. The number of hydrogen-bond acceptors (Lipinski definition) is 9. The number of benzene rings is 3. The lowest BCUT2D eigenvalue weighted by molar-refractivity contribution is -0.117. The molecule has 12 heteroatoms. The molecule has 2 saturated carbocycles. The van der Waals surface area contributed by atoms with E-state index in [9.17, 15) is 9.59 Å². The standard InChI is InChI=1S/C25H26N6O2.C15H22N2.C5H12N2/c1-30-5-7-31(8-6-30)18-4-2-3-15(9-18)19-12-20(19)24(32)28-17-10-21-23-16(13-26-22(23)11-17)14-27-29-25(21)33;1-12-10-15(12)13-4-3-5-14(11-13)17-8-6-16(2)7-9-17;1-7-4-2-6-3-5-7/h2-4,9-11,13-14,19-20,26H,5-8,12H2,1H3,(H,28,32)(H,29,33);3-5,11-12,15H,6-10H2,1-2H3;6H,2-5H2,1H3. The number of aromatic amines is 1. The van der Waals surface area contributed by atoms with Crippen LogP contribution in [0.5, 0.6) is 0 Å². The number of carbonyl (C=O) groups is 2. The highest BCUT2D eigenvalue weighted by atomic mass is 16.2. The summed E-state index contributed by atoms with van der Waals surface area (Å²) in [6, 6.07) is 21.4. The highest BCUT2D eigenvalue weighted by molar-refractivity contribution is 6.15. The smallest absolute Gasteiger partial charge is 0.272 e. The second kappa shape index (κ2) is 17.4.